The number of ether oxygens (including phenoxy) is 3. The molecule has 1 aliphatic heterocycles. The highest BCUT2D eigenvalue weighted by Gasteiger charge is 2.26. The van der Waals surface area contributed by atoms with Crippen molar-refractivity contribution >= 4 is 5.78 Å². The molecule has 0 bridgehead atoms. The second kappa shape index (κ2) is 9.01. The summed E-state index contributed by atoms with van der Waals surface area (Å²) in [6.45, 7) is 2.28. The van der Waals surface area contributed by atoms with Crippen LogP contribution in [-0.4, -0.2) is 58.9 Å². The third-order valence-electron chi connectivity index (χ3n) is 5.58. The molecule has 4 rings (SSSR count). The zero-order chi connectivity index (χ0) is 22.0. The van der Waals surface area contributed by atoms with Gasteiger partial charge in [-0.3, -0.25) is 4.90 Å². The molecule has 10 heteroatoms. The number of alkyl halides is 2. The number of piperidine rings is 1. The molecule has 1 saturated heterocycles. The van der Waals surface area contributed by atoms with Gasteiger partial charge in [0, 0.05) is 19.0 Å². The third-order valence-corrected chi connectivity index (χ3v) is 5.58. The second-order valence-corrected chi connectivity index (χ2v) is 7.49. The average Bonchev–Trinajstić information content (AvgIpc) is 3.26. The van der Waals surface area contributed by atoms with Crippen LogP contribution in [0.2, 0.25) is 0 Å². The molecule has 0 saturated carbocycles. The Balaban J connectivity index is 1.57. The van der Waals surface area contributed by atoms with Gasteiger partial charge in [0.05, 0.1) is 27.0 Å². The minimum Gasteiger partial charge on any atom is -0.493 e. The van der Waals surface area contributed by atoms with E-state index in [0.29, 0.717) is 36.0 Å². The first-order chi connectivity index (χ1) is 15.0. The number of rotatable bonds is 7. The summed E-state index contributed by atoms with van der Waals surface area (Å²) < 4.78 is 44.4. The Hall–Kier alpha value is -3.01. The molecule has 0 amide bonds. The molecule has 3 heterocycles. The molecule has 1 fully saturated rings. The lowest BCUT2D eigenvalue weighted by Gasteiger charge is -2.32. The van der Waals surface area contributed by atoms with Crippen molar-refractivity contribution in [3.8, 4) is 17.2 Å². The first-order valence-electron chi connectivity index (χ1n) is 10.0. The van der Waals surface area contributed by atoms with Crippen molar-refractivity contribution in [3.05, 3.63) is 41.5 Å². The SMILES string of the molecule is COc1cc(CN2CCCC(c3cc(C(F)F)n4ncnc4n3)C2)cc(OC)c1OC. The lowest BCUT2D eigenvalue weighted by molar-refractivity contribution is 0.142. The normalized spacial score (nSPS) is 17.3. The number of hydrogen-bond donors (Lipinski definition) is 0. The van der Waals surface area contributed by atoms with Gasteiger partial charge in [-0.05, 0) is 43.1 Å². The highest BCUT2D eigenvalue weighted by atomic mass is 19.3. The molecule has 2 aromatic heterocycles. The molecule has 1 aromatic carbocycles. The largest absolute Gasteiger partial charge is 0.493 e. The van der Waals surface area contributed by atoms with Crippen molar-refractivity contribution in [2.75, 3.05) is 34.4 Å². The molecule has 1 unspecified atom stereocenters. The van der Waals surface area contributed by atoms with Crippen molar-refractivity contribution in [1.29, 1.82) is 0 Å². The van der Waals surface area contributed by atoms with E-state index >= 15 is 0 Å². The predicted molar refractivity (Wildman–Crippen MR) is 109 cm³/mol. The van der Waals surface area contributed by atoms with Gasteiger partial charge in [-0.15, -0.1) is 0 Å². The molecule has 31 heavy (non-hydrogen) atoms. The van der Waals surface area contributed by atoms with E-state index in [9.17, 15) is 8.78 Å². The van der Waals surface area contributed by atoms with E-state index in [1.165, 1.54) is 12.4 Å². The van der Waals surface area contributed by atoms with E-state index < -0.39 is 6.43 Å². The molecule has 1 atom stereocenters. The summed E-state index contributed by atoms with van der Waals surface area (Å²) in [6, 6.07) is 5.32. The van der Waals surface area contributed by atoms with E-state index in [1.54, 1.807) is 21.3 Å². The predicted octanol–water partition coefficient (Wildman–Crippen LogP) is 3.47. The molecule has 0 radical (unpaired) electrons. The fraction of sp³-hybridized carbons (Fsp3) is 0.476. The van der Waals surface area contributed by atoms with Crippen LogP contribution in [0.3, 0.4) is 0 Å². The van der Waals surface area contributed by atoms with Gasteiger partial charge in [0.15, 0.2) is 11.5 Å². The number of fused-ring (bicyclic) bond motifs is 1. The molecule has 1 aliphatic rings. The summed E-state index contributed by atoms with van der Waals surface area (Å²) in [4.78, 5) is 10.8. The standard InChI is InChI=1S/C21H25F2N5O3/c1-29-17-7-13(8-18(30-2)19(17)31-3)10-27-6-4-5-14(11-27)15-9-16(20(22)23)28-21(26-15)24-12-25-28/h7-9,12,14,20H,4-6,10-11H2,1-3H3. The first-order valence-corrected chi connectivity index (χ1v) is 10.0. The Bertz CT molecular complexity index is 1030. The number of hydrogen-bond acceptors (Lipinski definition) is 7. The summed E-state index contributed by atoms with van der Waals surface area (Å²) in [7, 11) is 4.75. The average molecular weight is 433 g/mol. The number of aromatic nitrogens is 4. The lowest BCUT2D eigenvalue weighted by atomic mass is 9.93. The van der Waals surface area contributed by atoms with Crippen LogP contribution in [0.25, 0.3) is 5.78 Å². The minimum absolute atomic E-state index is 0.0370. The van der Waals surface area contributed by atoms with E-state index in [1.807, 2.05) is 12.1 Å². The van der Waals surface area contributed by atoms with Crippen molar-refractivity contribution in [2.45, 2.75) is 31.7 Å². The maximum atomic E-state index is 13.5. The Morgan fingerprint density at radius 2 is 1.84 bits per heavy atom. The van der Waals surface area contributed by atoms with Crippen LogP contribution in [0.15, 0.2) is 24.5 Å². The number of likely N-dealkylation sites (tertiary alicyclic amines) is 1. The number of nitrogens with zero attached hydrogens (tertiary/aromatic N) is 5. The van der Waals surface area contributed by atoms with Gasteiger partial charge < -0.3 is 14.2 Å². The summed E-state index contributed by atoms with van der Waals surface area (Å²) in [5, 5.41) is 3.86. The van der Waals surface area contributed by atoms with Gasteiger partial charge in [0.25, 0.3) is 12.2 Å². The van der Waals surface area contributed by atoms with Gasteiger partial charge >= 0.3 is 0 Å². The van der Waals surface area contributed by atoms with Gasteiger partial charge in [0.1, 0.15) is 12.0 Å². The minimum atomic E-state index is -2.65. The molecule has 3 aromatic rings. The van der Waals surface area contributed by atoms with Gasteiger partial charge in [0.2, 0.25) is 5.75 Å². The smallest absolute Gasteiger partial charge is 0.280 e. The van der Waals surface area contributed by atoms with Crippen LogP contribution >= 0.6 is 0 Å². The maximum Gasteiger partial charge on any atom is 0.280 e. The van der Waals surface area contributed by atoms with Crippen molar-refractivity contribution in [1.82, 2.24) is 24.5 Å². The van der Waals surface area contributed by atoms with E-state index in [-0.39, 0.29) is 17.4 Å². The van der Waals surface area contributed by atoms with Crippen LogP contribution in [0, 0.1) is 0 Å². The first kappa shape index (κ1) is 21.2. The summed E-state index contributed by atoms with van der Waals surface area (Å²) in [5.74, 6) is 2.00. The molecule has 166 valence electrons. The molecular formula is C21H25F2N5O3. The van der Waals surface area contributed by atoms with E-state index in [0.717, 1.165) is 29.5 Å². The third kappa shape index (κ3) is 4.25. The van der Waals surface area contributed by atoms with E-state index in [2.05, 4.69) is 20.0 Å². The van der Waals surface area contributed by atoms with Gasteiger partial charge in [-0.25, -0.2) is 13.8 Å². The Morgan fingerprint density at radius 3 is 2.48 bits per heavy atom. The highest BCUT2D eigenvalue weighted by Crippen LogP contribution is 2.39. The Morgan fingerprint density at radius 1 is 1.10 bits per heavy atom. The Labute approximate surface area is 178 Å². The zero-order valence-corrected chi connectivity index (χ0v) is 17.7. The number of benzene rings is 1. The Kier molecular flexibility index (Phi) is 6.17. The van der Waals surface area contributed by atoms with Gasteiger partial charge in [-0.2, -0.15) is 14.6 Å². The topological polar surface area (TPSA) is 74.0 Å². The zero-order valence-electron chi connectivity index (χ0n) is 17.7. The van der Waals surface area contributed by atoms with Crippen LogP contribution in [0.4, 0.5) is 8.78 Å². The van der Waals surface area contributed by atoms with Crippen molar-refractivity contribution in [3.63, 3.8) is 0 Å². The molecule has 0 spiro atoms. The van der Waals surface area contributed by atoms with Crippen LogP contribution in [0.5, 0.6) is 17.2 Å². The molecule has 0 N–H and O–H groups in total. The summed E-state index contributed by atoms with van der Waals surface area (Å²) in [6.07, 6.45) is 0.421. The maximum absolute atomic E-state index is 13.5. The summed E-state index contributed by atoms with van der Waals surface area (Å²) in [5.41, 5.74) is 1.47. The van der Waals surface area contributed by atoms with Crippen LogP contribution < -0.4 is 14.2 Å². The van der Waals surface area contributed by atoms with Crippen LogP contribution in [-0.2, 0) is 6.54 Å². The van der Waals surface area contributed by atoms with Crippen molar-refractivity contribution in [2.24, 2.45) is 0 Å². The second-order valence-electron chi connectivity index (χ2n) is 7.49. The van der Waals surface area contributed by atoms with E-state index in [4.69, 9.17) is 14.2 Å². The molecule has 0 aliphatic carbocycles. The van der Waals surface area contributed by atoms with Crippen LogP contribution in [0.1, 0.15) is 42.1 Å². The summed E-state index contributed by atoms with van der Waals surface area (Å²) >= 11 is 0. The molecule has 8 nitrogen and oxygen atoms in total. The van der Waals surface area contributed by atoms with Gasteiger partial charge in [-0.1, -0.05) is 0 Å². The van der Waals surface area contributed by atoms with Crippen molar-refractivity contribution < 1.29 is 23.0 Å². The number of methoxy groups -OCH3 is 3. The highest BCUT2D eigenvalue weighted by molar-refractivity contribution is 5.53. The fourth-order valence-corrected chi connectivity index (χ4v) is 4.14. The lowest BCUT2D eigenvalue weighted by Crippen LogP contribution is -2.34. The number of halogens is 2. The quantitative estimate of drug-likeness (QED) is 0.565. The molecular weight excluding hydrogens is 408 g/mol. The fourth-order valence-electron chi connectivity index (χ4n) is 4.14. The monoisotopic (exact) mass is 433 g/mol.